The summed E-state index contributed by atoms with van der Waals surface area (Å²) in [7, 11) is 1.50. The van der Waals surface area contributed by atoms with Crippen LogP contribution in [0.15, 0.2) is 48.7 Å². The number of nitrogens with one attached hydrogen (secondary N) is 1. The molecule has 4 amide bonds. The molecule has 1 aromatic heterocycles. The number of benzene rings is 1. The quantitative estimate of drug-likeness (QED) is 0.799. The Labute approximate surface area is 168 Å². The number of methoxy groups -OCH3 is 1. The average Bonchev–Trinajstić information content (AvgIpc) is 2.98. The second-order valence-electron chi connectivity index (χ2n) is 7.24. The molecule has 150 valence electrons. The molecule has 1 spiro atoms. The molecule has 2 fully saturated rings. The summed E-state index contributed by atoms with van der Waals surface area (Å²) in [5.41, 5.74) is 0.527. The van der Waals surface area contributed by atoms with Crippen LogP contribution in [0.3, 0.4) is 0 Å². The molecule has 1 N–H and O–H groups in total. The van der Waals surface area contributed by atoms with Gasteiger partial charge in [0.05, 0.1) is 7.11 Å². The van der Waals surface area contributed by atoms with E-state index < -0.39 is 5.54 Å². The summed E-state index contributed by atoms with van der Waals surface area (Å²) in [6, 6.07) is 12.4. The van der Waals surface area contributed by atoms with Gasteiger partial charge in [0.15, 0.2) is 0 Å². The molecule has 2 saturated heterocycles. The number of piperidine rings is 1. The first kappa shape index (κ1) is 18.9. The van der Waals surface area contributed by atoms with Gasteiger partial charge in [0.1, 0.15) is 5.54 Å². The lowest BCUT2D eigenvalue weighted by Gasteiger charge is -2.42. The largest absolute Gasteiger partial charge is 0.481 e. The smallest absolute Gasteiger partial charge is 0.325 e. The maximum atomic E-state index is 12.9. The summed E-state index contributed by atoms with van der Waals surface area (Å²) in [6.45, 7) is 1.12. The molecule has 8 heteroatoms. The first-order valence-corrected chi connectivity index (χ1v) is 9.50. The van der Waals surface area contributed by atoms with Gasteiger partial charge < -0.3 is 14.5 Å². The first-order valence-electron chi connectivity index (χ1n) is 9.50. The van der Waals surface area contributed by atoms with Crippen LogP contribution in [0.1, 0.15) is 28.8 Å². The van der Waals surface area contributed by atoms with E-state index in [4.69, 9.17) is 4.74 Å². The Balaban J connectivity index is 1.50. The molecule has 3 heterocycles. The molecule has 29 heavy (non-hydrogen) atoms. The van der Waals surface area contributed by atoms with Crippen LogP contribution in [0.25, 0.3) is 0 Å². The van der Waals surface area contributed by atoms with Gasteiger partial charge >= 0.3 is 6.03 Å². The number of urea groups is 1. The van der Waals surface area contributed by atoms with Crippen molar-refractivity contribution in [3.63, 3.8) is 0 Å². The minimum absolute atomic E-state index is 0.139. The van der Waals surface area contributed by atoms with Gasteiger partial charge in [-0.1, -0.05) is 30.3 Å². The number of aromatic nitrogens is 1. The lowest BCUT2D eigenvalue weighted by Crippen LogP contribution is -2.57. The number of carbonyl (C=O) groups is 3. The van der Waals surface area contributed by atoms with Crippen LogP contribution in [0, 0.1) is 0 Å². The third-order valence-corrected chi connectivity index (χ3v) is 5.66. The molecule has 0 bridgehead atoms. The lowest BCUT2D eigenvalue weighted by atomic mass is 9.85. The Kier molecular flexibility index (Phi) is 4.92. The van der Waals surface area contributed by atoms with Crippen molar-refractivity contribution in [2.24, 2.45) is 0 Å². The molecule has 8 nitrogen and oxygen atoms in total. The van der Waals surface area contributed by atoms with Gasteiger partial charge in [-0.25, -0.2) is 9.78 Å². The number of hydrogen-bond acceptors (Lipinski definition) is 5. The Morgan fingerprint density at radius 1 is 1.17 bits per heavy atom. The Bertz CT molecular complexity index is 939. The van der Waals surface area contributed by atoms with Crippen molar-refractivity contribution < 1.29 is 19.1 Å². The predicted molar refractivity (Wildman–Crippen MR) is 104 cm³/mol. The van der Waals surface area contributed by atoms with Gasteiger partial charge in [-0.3, -0.25) is 14.9 Å². The third kappa shape index (κ3) is 3.41. The van der Waals surface area contributed by atoms with Crippen LogP contribution < -0.4 is 10.1 Å². The zero-order valence-corrected chi connectivity index (χ0v) is 16.1. The molecular formula is C21H22N4O4. The number of imide groups is 1. The highest BCUT2D eigenvalue weighted by Crippen LogP contribution is 2.35. The molecular weight excluding hydrogens is 372 g/mol. The summed E-state index contributed by atoms with van der Waals surface area (Å²) < 4.78 is 5.09. The number of amides is 4. The SMILES string of the molecule is COc1cc(C(=O)N2CCC3(CC2)C(=O)NC(=O)N3Cc2ccccc2)ccn1. The average molecular weight is 394 g/mol. The second kappa shape index (κ2) is 7.54. The van der Waals surface area contributed by atoms with E-state index in [1.807, 2.05) is 30.3 Å². The standard InChI is InChI=1S/C21H22N4O4/c1-29-17-13-16(7-10-22-17)18(26)24-11-8-21(9-12-24)19(27)23-20(28)25(21)14-15-5-3-2-4-6-15/h2-7,10,13H,8-9,11-12,14H2,1H3,(H,23,27,28). The first-order chi connectivity index (χ1) is 14.0. The van der Waals surface area contributed by atoms with Gasteiger partial charge in [-0.05, 0) is 24.5 Å². The molecule has 4 rings (SSSR count). The summed E-state index contributed by atoms with van der Waals surface area (Å²) in [4.78, 5) is 45.3. The second-order valence-corrected chi connectivity index (χ2v) is 7.24. The summed E-state index contributed by atoms with van der Waals surface area (Å²) in [6.07, 6.45) is 2.32. The molecule has 0 unspecified atom stereocenters. The topological polar surface area (TPSA) is 91.8 Å². The highest BCUT2D eigenvalue weighted by molar-refractivity contribution is 6.07. The normalized spacial score (nSPS) is 18.1. The molecule has 2 aliphatic rings. The number of pyridine rings is 1. The Morgan fingerprint density at radius 3 is 2.59 bits per heavy atom. The molecule has 0 saturated carbocycles. The molecule has 0 radical (unpaired) electrons. The highest BCUT2D eigenvalue weighted by atomic mass is 16.5. The molecule has 1 aromatic carbocycles. The van der Waals surface area contributed by atoms with Gasteiger partial charge in [0.25, 0.3) is 11.8 Å². The van der Waals surface area contributed by atoms with Crippen LogP contribution >= 0.6 is 0 Å². The van der Waals surface area contributed by atoms with Crippen molar-refractivity contribution in [1.82, 2.24) is 20.1 Å². The number of nitrogens with zero attached hydrogens (tertiary/aromatic N) is 3. The molecule has 0 atom stereocenters. The zero-order valence-electron chi connectivity index (χ0n) is 16.1. The van der Waals surface area contributed by atoms with E-state index in [1.165, 1.54) is 13.3 Å². The van der Waals surface area contributed by atoms with E-state index in [9.17, 15) is 14.4 Å². The summed E-state index contributed by atoms with van der Waals surface area (Å²) >= 11 is 0. The molecule has 0 aliphatic carbocycles. The number of ether oxygens (including phenoxy) is 1. The Hall–Kier alpha value is -3.42. The lowest BCUT2D eigenvalue weighted by molar-refractivity contribution is -0.129. The van der Waals surface area contributed by atoms with Crippen molar-refractivity contribution in [1.29, 1.82) is 0 Å². The third-order valence-electron chi connectivity index (χ3n) is 5.66. The highest BCUT2D eigenvalue weighted by Gasteiger charge is 2.54. The Morgan fingerprint density at radius 2 is 1.90 bits per heavy atom. The van der Waals surface area contributed by atoms with E-state index in [1.54, 1.807) is 21.9 Å². The molecule has 2 aromatic rings. The van der Waals surface area contributed by atoms with Crippen LogP contribution in [0.2, 0.25) is 0 Å². The maximum Gasteiger partial charge on any atom is 0.325 e. The van der Waals surface area contributed by atoms with E-state index in [0.717, 1.165) is 5.56 Å². The zero-order chi connectivity index (χ0) is 20.4. The van der Waals surface area contributed by atoms with Crippen LogP contribution in [-0.2, 0) is 11.3 Å². The van der Waals surface area contributed by atoms with E-state index in [0.29, 0.717) is 43.9 Å². The van der Waals surface area contributed by atoms with Gasteiger partial charge in [0.2, 0.25) is 5.88 Å². The van der Waals surface area contributed by atoms with Crippen LogP contribution in [-0.4, -0.2) is 58.4 Å². The van der Waals surface area contributed by atoms with Gasteiger partial charge in [-0.15, -0.1) is 0 Å². The van der Waals surface area contributed by atoms with Crippen molar-refractivity contribution in [2.45, 2.75) is 24.9 Å². The van der Waals surface area contributed by atoms with Crippen molar-refractivity contribution in [3.05, 3.63) is 59.8 Å². The predicted octanol–water partition coefficient (Wildman–Crippen LogP) is 1.82. The van der Waals surface area contributed by atoms with Crippen molar-refractivity contribution >= 4 is 17.8 Å². The summed E-state index contributed by atoms with van der Waals surface area (Å²) in [5.74, 6) is -0.0462. The maximum absolute atomic E-state index is 12.9. The summed E-state index contributed by atoms with van der Waals surface area (Å²) in [5, 5.41) is 2.46. The molecule has 2 aliphatic heterocycles. The monoisotopic (exact) mass is 394 g/mol. The van der Waals surface area contributed by atoms with Crippen LogP contribution in [0.4, 0.5) is 4.79 Å². The van der Waals surface area contributed by atoms with Crippen LogP contribution in [0.5, 0.6) is 5.88 Å². The van der Waals surface area contributed by atoms with Crippen molar-refractivity contribution in [3.8, 4) is 5.88 Å². The fraction of sp³-hybridized carbons (Fsp3) is 0.333. The number of hydrogen-bond donors (Lipinski definition) is 1. The fourth-order valence-corrected chi connectivity index (χ4v) is 4.00. The number of likely N-dealkylation sites (tertiary alicyclic amines) is 1. The van der Waals surface area contributed by atoms with E-state index in [2.05, 4.69) is 10.3 Å². The van der Waals surface area contributed by atoms with Gasteiger partial charge in [0, 0.05) is 37.5 Å². The number of carbonyl (C=O) groups excluding carboxylic acids is 3. The number of rotatable bonds is 4. The minimum Gasteiger partial charge on any atom is -0.481 e. The fourth-order valence-electron chi connectivity index (χ4n) is 4.00. The van der Waals surface area contributed by atoms with Crippen molar-refractivity contribution in [2.75, 3.05) is 20.2 Å². The van der Waals surface area contributed by atoms with Gasteiger partial charge in [-0.2, -0.15) is 0 Å². The minimum atomic E-state index is -0.917. The van der Waals surface area contributed by atoms with E-state index in [-0.39, 0.29) is 17.8 Å². The van der Waals surface area contributed by atoms with E-state index >= 15 is 0 Å².